The molecule has 1 amide bonds. The first-order valence-electron chi connectivity index (χ1n) is 17.7. The van der Waals surface area contributed by atoms with E-state index in [9.17, 15) is 18.0 Å². The van der Waals surface area contributed by atoms with Gasteiger partial charge in [0.2, 0.25) is 0 Å². The van der Waals surface area contributed by atoms with Crippen molar-refractivity contribution in [2.75, 3.05) is 0 Å². The van der Waals surface area contributed by atoms with Crippen LogP contribution in [0.4, 0.5) is 13.2 Å². The standard InChI is InChI=1S/C40H46F3N5O/c1-4-5-6-7-8-9-10-11-12-13-14-28-23-35(48-26-34(44-27-48)40(41,42)43)39(3)21-18-33-32(36(28)39)16-15-30-24-31(17-20-38(30,33)2)47-37(49)29-19-22-45-46-25-29/h15-19,21-27H,4-14,20H2,1-3H3,(H,47,49)/t38-,39-/m1/s1. The first kappa shape index (κ1) is 34.6. The first-order chi connectivity index (χ1) is 23.5. The molecule has 9 heteroatoms. The Labute approximate surface area is 287 Å². The highest BCUT2D eigenvalue weighted by Gasteiger charge is 2.47. The largest absolute Gasteiger partial charge is 0.434 e. The number of rotatable bonds is 14. The summed E-state index contributed by atoms with van der Waals surface area (Å²) in [6.45, 7) is 6.58. The predicted octanol–water partition coefficient (Wildman–Crippen LogP) is 10.2. The maximum atomic E-state index is 13.6. The van der Waals surface area contributed by atoms with Crippen LogP contribution in [0.5, 0.6) is 0 Å². The Morgan fingerprint density at radius 2 is 1.69 bits per heavy atom. The number of imidazole rings is 1. The number of fused-ring (bicyclic) bond motifs is 4. The van der Waals surface area contributed by atoms with Crippen LogP contribution in [-0.2, 0) is 6.18 Å². The summed E-state index contributed by atoms with van der Waals surface area (Å²) in [4.78, 5) is 16.5. The van der Waals surface area contributed by atoms with Crippen LogP contribution in [0, 0.1) is 10.8 Å². The zero-order chi connectivity index (χ0) is 34.6. The van der Waals surface area contributed by atoms with Gasteiger partial charge in [-0.25, -0.2) is 4.98 Å². The molecule has 0 saturated heterocycles. The lowest BCUT2D eigenvalue weighted by molar-refractivity contribution is -0.140. The number of alkyl halides is 3. The normalized spacial score (nSPS) is 22.8. The van der Waals surface area contributed by atoms with E-state index in [0.717, 1.165) is 48.0 Å². The van der Waals surface area contributed by atoms with E-state index >= 15 is 0 Å². The van der Waals surface area contributed by atoms with Gasteiger partial charge in [-0.15, -0.1) is 0 Å². The van der Waals surface area contributed by atoms with Gasteiger partial charge >= 0.3 is 6.18 Å². The number of unbranched alkanes of at least 4 members (excludes halogenated alkanes) is 9. The van der Waals surface area contributed by atoms with Crippen LogP contribution in [0.25, 0.3) is 5.70 Å². The molecule has 0 radical (unpaired) electrons. The third-order valence-corrected chi connectivity index (χ3v) is 10.6. The Kier molecular flexibility index (Phi) is 10.1. The van der Waals surface area contributed by atoms with Gasteiger partial charge in [0.05, 0.1) is 29.7 Å². The summed E-state index contributed by atoms with van der Waals surface area (Å²) >= 11 is 0. The summed E-state index contributed by atoms with van der Waals surface area (Å²) in [7, 11) is 0. The third kappa shape index (κ3) is 7.08. The van der Waals surface area contributed by atoms with Gasteiger partial charge in [-0.3, -0.25) is 4.79 Å². The minimum atomic E-state index is -4.51. The molecule has 2 aromatic rings. The van der Waals surface area contributed by atoms with Crippen LogP contribution < -0.4 is 5.32 Å². The molecule has 0 unspecified atom stereocenters. The zero-order valence-electron chi connectivity index (χ0n) is 28.7. The van der Waals surface area contributed by atoms with Crippen LogP contribution in [0.3, 0.4) is 0 Å². The monoisotopic (exact) mass is 669 g/mol. The molecule has 6 rings (SSSR count). The lowest BCUT2D eigenvalue weighted by Gasteiger charge is -2.43. The summed E-state index contributed by atoms with van der Waals surface area (Å²) in [5, 5.41) is 10.6. The smallest absolute Gasteiger partial charge is 0.322 e. The van der Waals surface area contributed by atoms with Crippen LogP contribution >= 0.6 is 0 Å². The maximum Gasteiger partial charge on any atom is 0.434 e. The van der Waals surface area contributed by atoms with E-state index in [1.807, 2.05) is 6.08 Å². The number of nitrogens with zero attached hydrogens (tertiary/aromatic N) is 4. The average Bonchev–Trinajstić information content (AvgIpc) is 3.69. The van der Waals surface area contributed by atoms with Crippen LogP contribution in [0.2, 0.25) is 0 Å². The van der Waals surface area contributed by atoms with E-state index < -0.39 is 17.3 Å². The van der Waals surface area contributed by atoms with Crippen molar-refractivity contribution in [2.45, 2.75) is 104 Å². The van der Waals surface area contributed by atoms with E-state index in [2.05, 4.69) is 77.7 Å². The molecule has 258 valence electrons. The topological polar surface area (TPSA) is 72.7 Å². The van der Waals surface area contributed by atoms with Gasteiger partial charge < -0.3 is 9.88 Å². The molecule has 0 aliphatic heterocycles. The van der Waals surface area contributed by atoms with E-state index in [0.29, 0.717) is 12.0 Å². The molecule has 0 saturated carbocycles. The number of carbonyl (C=O) groups is 1. The summed E-state index contributed by atoms with van der Waals surface area (Å²) < 4.78 is 42.3. The molecule has 4 aliphatic rings. The quantitative estimate of drug-likeness (QED) is 0.203. The molecule has 0 fully saturated rings. The highest BCUT2D eigenvalue weighted by molar-refractivity contribution is 5.95. The number of carbonyl (C=O) groups excluding carboxylic acids is 1. The lowest BCUT2D eigenvalue weighted by atomic mass is 9.61. The van der Waals surface area contributed by atoms with Crippen molar-refractivity contribution in [2.24, 2.45) is 10.8 Å². The van der Waals surface area contributed by atoms with Gasteiger partial charge in [0.25, 0.3) is 5.91 Å². The second-order valence-electron chi connectivity index (χ2n) is 14.1. The second-order valence-corrected chi connectivity index (χ2v) is 14.1. The fourth-order valence-electron chi connectivity index (χ4n) is 7.75. The molecule has 4 aliphatic carbocycles. The molecule has 49 heavy (non-hydrogen) atoms. The molecule has 0 bridgehead atoms. The van der Waals surface area contributed by atoms with Gasteiger partial charge in [0.1, 0.15) is 0 Å². The minimum absolute atomic E-state index is 0.242. The van der Waals surface area contributed by atoms with E-state index in [1.165, 1.54) is 86.8 Å². The summed E-state index contributed by atoms with van der Waals surface area (Å²) in [6.07, 6.45) is 29.6. The molecule has 1 N–H and O–H groups in total. The number of amides is 1. The fraction of sp³-hybridized carbons (Fsp3) is 0.450. The molecular formula is C40H46F3N5O. The first-order valence-corrected chi connectivity index (χ1v) is 17.7. The SMILES string of the molecule is CCCCCCCCCCCCC1=C2C3=C(C=C[C@]2(C)C(n2cnc(C(F)(F)F)c2)=C1)[C@]1(C)CC=C(NC(=O)c2ccnnc2)C=C1C=C3. The van der Waals surface area contributed by atoms with Crippen LogP contribution in [0.1, 0.15) is 114 Å². The number of halogens is 3. The van der Waals surface area contributed by atoms with Crippen molar-refractivity contribution in [1.82, 2.24) is 25.1 Å². The Morgan fingerprint density at radius 1 is 0.959 bits per heavy atom. The summed E-state index contributed by atoms with van der Waals surface area (Å²) in [5.74, 6) is -0.242. The molecule has 6 nitrogen and oxygen atoms in total. The van der Waals surface area contributed by atoms with Gasteiger partial charge in [-0.2, -0.15) is 23.4 Å². The van der Waals surface area contributed by atoms with Gasteiger partial charge in [-0.05, 0) is 72.3 Å². The van der Waals surface area contributed by atoms with E-state index in [4.69, 9.17) is 0 Å². The molecular weight excluding hydrogens is 623 g/mol. The van der Waals surface area contributed by atoms with Crippen LogP contribution in [0.15, 0.2) is 107 Å². The average molecular weight is 670 g/mol. The van der Waals surface area contributed by atoms with E-state index in [1.54, 1.807) is 10.6 Å². The van der Waals surface area contributed by atoms with Gasteiger partial charge in [-0.1, -0.05) is 102 Å². The highest BCUT2D eigenvalue weighted by Crippen LogP contribution is 2.59. The zero-order valence-corrected chi connectivity index (χ0v) is 28.7. The second kappa shape index (κ2) is 14.3. The Morgan fingerprint density at radius 3 is 2.37 bits per heavy atom. The van der Waals surface area contributed by atoms with Crippen molar-refractivity contribution in [3.8, 4) is 0 Å². The van der Waals surface area contributed by atoms with E-state index in [-0.39, 0.29) is 11.3 Å². The van der Waals surface area contributed by atoms with Crippen LogP contribution in [-0.4, -0.2) is 25.7 Å². The lowest BCUT2D eigenvalue weighted by Crippen LogP contribution is -2.33. The molecule has 2 heterocycles. The van der Waals surface area contributed by atoms with Crippen molar-refractivity contribution in [3.63, 3.8) is 0 Å². The number of aromatic nitrogens is 4. The van der Waals surface area contributed by atoms with Crippen molar-refractivity contribution in [3.05, 3.63) is 118 Å². The molecule has 2 aromatic heterocycles. The summed E-state index contributed by atoms with van der Waals surface area (Å²) in [5.41, 5.74) is 5.90. The third-order valence-electron chi connectivity index (χ3n) is 10.6. The molecule has 0 spiro atoms. The Hall–Kier alpha value is -4.27. The van der Waals surface area contributed by atoms with Gasteiger partial charge in [0.15, 0.2) is 5.69 Å². The number of nitrogens with one attached hydrogen (secondary N) is 1. The highest BCUT2D eigenvalue weighted by atomic mass is 19.4. The Bertz CT molecular complexity index is 1790. The predicted molar refractivity (Wildman–Crippen MR) is 187 cm³/mol. The molecule has 0 aromatic carbocycles. The molecule has 2 atom stereocenters. The maximum absolute atomic E-state index is 13.6. The van der Waals surface area contributed by atoms with Crippen molar-refractivity contribution < 1.29 is 18.0 Å². The fourth-order valence-corrected chi connectivity index (χ4v) is 7.75. The van der Waals surface area contributed by atoms with Gasteiger partial charge in [0, 0.05) is 23.0 Å². The summed E-state index contributed by atoms with van der Waals surface area (Å²) in [6, 6.07) is 1.63. The number of allylic oxidation sites excluding steroid dienone is 13. The van der Waals surface area contributed by atoms with Crippen molar-refractivity contribution in [1.29, 1.82) is 0 Å². The number of hydrogen-bond acceptors (Lipinski definition) is 4. The Balaban J connectivity index is 1.23. The number of hydrogen-bond donors (Lipinski definition) is 1. The van der Waals surface area contributed by atoms with Crippen molar-refractivity contribution >= 4 is 11.6 Å². The minimum Gasteiger partial charge on any atom is -0.322 e.